The quantitative estimate of drug-likeness (QED) is 0.804. The van der Waals surface area contributed by atoms with Crippen LogP contribution in [0.3, 0.4) is 0 Å². The summed E-state index contributed by atoms with van der Waals surface area (Å²) in [5.41, 5.74) is 2.43. The van der Waals surface area contributed by atoms with E-state index in [0.29, 0.717) is 5.69 Å². The summed E-state index contributed by atoms with van der Waals surface area (Å²) in [6.45, 7) is 4.00. The molecule has 0 spiro atoms. The van der Waals surface area contributed by atoms with E-state index in [1.807, 2.05) is 50.2 Å². The molecule has 0 bridgehead atoms. The van der Waals surface area contributed by atoms with Gasteiger partial charge in [-0.15, -0.1) is 0 Å². The van der Waals surface area contributed by atoms with Crippen molar-refractivity contribution in [2.45, 2.75) is 13.8 Å². The van der Waals surface area contributed by atoms with Gasteiger partial charge in [0, 0.05) is 5.69 Å². The highest BCUT2D eigenvalue weighted by Gasteiger charge is 2.08. The maximum Gasteiger partial charge on any atom is 0.354 e. The first-order chi connectivity index (χ1) is 8.31. The van der Waals surface area contributed by atoms with Crippen molar-refractivity contribution in [2.24, 2.45) is 0 Å². The predicted molar refractivity (Wildman–Crippen MR) is 68.9 cm³/mol. The number of esters is 1. The van der Waals surface area contributed by atoms with Gasteiger partial charge in [-0.1, -0.05) is 44.2 Å². The van der Waals surface area contributed by atoms with Crippen LogP contribution in [0.15, 0.2) is 42.5 Å². The van der Waals surface area contributed by atoms with Crippen LogP contribution in [0, 0.1) is 0 Å². The number of methoxy groups -OCH3 is 1. The van der Waals surface area contributed by atoms with E-state index in [4.69, 9.17) is 0 Å². The average Bonchev–Trinajstić information content (AvgIpc) is 2.91. The minimum atomic E-state index is -0.350. The van der Waals surface area contributed by atoms with E-state index >= 15 is 0 Å². The molecule has 0 saturated carbocycles. The van der Waals surface area contributed by atoms with Crippen molar-refractivity contribution in [1.29, 1.82) is 0 Å². The zero-order valence-electron chi connectivity index (χ0n) is 10.4. The fourth-order valence-corrected chi connectivity index (χ4v) is 1.41. The smallest absolute Gasteiger partial charge is 0.354 e. The van der Waals surface area contributed by atoms with E-state index in [0.717, 1.165) is 11.3 Å². The summed E-state index contributed by atoms with van der Waals surface area (Å²) in [5.74, 6) is -0.350. The number of nitrogens with one attached hydrogen (secondary N) is 1. The van der Waals surface area contributed by atoms with Crippen LogP contribution in [0.2, 0.25) is 0 Å². The lowest BCUT2D eigenvalue weighted by Crippen LogP contribution is -2.00. The molecule has 2 aromatic rings. The fourth-order valence-electron chi connectivity index (χ4n) is 1.41. The van der Waals surface area contributed by atoms with Crippen LogP contribution >= 0.6 is 0 Å². The van der Waals surface area contributed by atoms with Gasteiger partial charge in [0.15, 0.2) is 0 Å². The van der Waals surface area contributed by atoms with Crippen LogP contribution < -0.4 is 0 Å². The number of rotatable bonds is 2. The van der Waals surface area contributed by atoms with Gasteiger partial charge in [-0.3, -0.25) is 0 Å². The highest BCUT2D eigenvalue weighted by Crippen LogP contribution is 2.17. The maximum absolute atomic E-state index is 11.2. The molecular weight excluding hydrogens is 214 g/mol. The van der Waals surface area contributed by atoms with E-state index in [1.165, 1.54) is 7.11 Å². The molecule has 0 atom stereocenters. The van der Waals surface area contributed by atoms with Gasteiger partial charge in [0.1, 0.15) is 5.69 Å². The lowest BCUT2D eigenvalue weighted by Gasteiger charge is -1.97. The first-order valence-corrected chi connectivity index (χ1v) is 5.64. The van der Waals surface area contributed by atoms with E-state index in [1.54, 1.807) is 6.07 Å². The standard InChI is InChI=1S/C12H11NO2.C2H6/c1-15-12(14)11-8-7-10(13-11)9-5-3-2-4-6-9;1-2/h2-8,13H,1H3;1-2H3. The SMILES string of the molecule is CC.COC(=O)c1ccc(-c2ccccc2)[nH]1. The zero-order valence-corrected chi connectivity index (χ0v) is 10.4. The molecule has 0 aliphatic heterocycles. The van der Waals surface area contributed by atoms with Gasteiger partial charge in [-0.2, -0.15) is 0 Å². The number of hydrogen-bond donors (Lipinski definition) is 1. The van der Waals surface area contributed by atoms with Crippen molar-refractivity contribution < 1.29 is 9.53 Å². The number of hydrogen-bond acceptors (Lipinski definition) is 2. The highest BCUT2D eigenvalue weighted by molar-refractivity contribution is 5.88. The Morgan fingerprint density at radius 1 is 1.06 bits per heavy atom. The monoisotopic (exact) mass is 231 g/mol. The molecule has 0 radical (unpaired) electrons. The second kappa shape index (κ2) is 6.53. The van der Waals surface area contributed by atoms with Crippen LogP contribution in [0.25, 0.3) is 11.3 Å². The third-order valence-electron chi connectivity index (χ3n) is 2.18. The Hall–Kier alpha value is -2.03. The Kier molecular flexibility index (Phi) is 5.01. The van der Waals surface area contributed by atoms with Crippen molar-refractivity contribution in [1.82, 2.24) is 4.98 Å². The molecule has 0 saturated heterocycles. The number of aromatic amines is 1. The van der Waals surface area contributed by atoms with Crippen LogP contribution in [0.1, 0.15) is 24.3 Å². The molecule has 1 heterocycles. The molecule has 0 aliphatic rings. The Labute approximate surface area is 101 Å². The Morgan fingerprint density at radius 3 is 2.29 bits per heavy atom. The largest absolute Gasteiger partial charge is 0.464 e. The van der Waals surface area contributed by atoms with Crippen molar-refractivity contribution in [3.8, 4) is 11.3 Å². The number of carbonyl (C=O) groups is 1. The number of ether oxygens (including phenoxy) is 1. The normalized spacial score (nSPS) is 9.12. The molecule has 0 aliphatic carbocycles. The summed E-state index contributed by atoms with van der Waals surface area (Å²) in [6, 6.07) is 13.4. The van der Waals surface area contributed by atoms with Crippen LogP contribution in [-0.4, -0.2) is 18.1 Å². The molecule has 0 amide bonds. The maximum atomic E-state index is 11.2. The van der Waals surface area contributed by atoms with Crippen molar-refractivity contribution in [3.05, 3.63) is 48.2 Å². The minimum Gasteiger partial charge on any atom is -0.464 e. The molecule has 3 nitrogen and oxygen atoms in total. The molecule has 1 aromatic carbocycles. The Bertz CT molecular complexity index is 460. The molecule has 1 N–H and O–H groups in total. The molecule has 2 rings (SSSR count). The Balaban J connectivity index is 0.000000686. The van der Waals surface area contributed by atoms with Gasteiger partial charge < -0.3 is 9.72 Å². The van der Waals surface area contributed by atoms with Gasteiger partial charge in [-0.25, -0.2) is 4.79 Å². The first kappa shape index (κ1) is 13.0. The van der Waals surface area contributed by atoms with Crippen molar-refractivity contribution in [3.63, 3.8) is 0 Å². The summed E-state index contributed by atoms with van der Waals surface area (Å²) in [5, 5.41) is 0. The average molecular weight is 231 g/mol. The van der Waals surface area contributed by atoms with Crippen LogP contribution in [0.4, 0.5) is 0 Å². The van der Waals surface area contributed by atoms with Crippen molar-refractivity contribution >= 4 is 5.97 Å². The van der Waals surface area contributed by atoms with Crippen LogP contribution in [0.5, 0.6) is 0 Å². The number of H-pyrrole nitrogens is 1. The summed E-state index contributed by atoms with van der Waals surface area (Å²) in [4.78, 5) is 14.2. The first-order valence-electron chi connectivity index (χ1n) is 5.64. The molecule has 90 valence electrons. The van der Waals surface area contributed by atoms with E-state index in [9.17, 15) is 4.79 Å². The highest BCUT2D eigenvalue weighted by atomic mass is 16.5. The second-order valence-corrected chi connectivity index (χ2v) is 3.14. The van der Waals surface area contributed by atoms with Gasteiger partial charge in [0.25, 0.3) is 0 Å². The van der Waals surface area contributed by atoms with E-state index < -0.39 is 0 Å². The molecule has 0 unspecified atom stereocenters. The van der Waals surface area contributed by atoms with Gasteiger partial charge in [0.05, 0.1) is 7.11 Å². The van der Waals surface area contributed by atoms with Crippen molar-refractivity contribution in [2.75, 3.05) is 7.11 Å². The van der Waals surface area contributed by atoms with Gasteiger partial charge in [-0.05, 0) is 17.7 Å². The van der Waals surface area contributed by atoms with Gasteiger partial charge >= 0.3 is 5.97 Å². The third-order valence-corrected chi connectivity index (χ3v) is 2.18. The molecular formula is C14H17NO2. The molecule has 1 aromatic heterocycles. The summed E-state index contributed by atoms with van der Waals surface area (Å²) in [6.07, 6.45) is 0. The number of carbonyl (C=O) groups excluding carboxylic acids is 1. The fraction of sp³-hybridized carbons (Fsp3) is 0.214. The number of aromatic nitrogens is 1. The lowest BCUT2D eigenvalue weighted by molar-refractivity contribution is 0.0595. The summed E-state index contributed by atoms with van der Waals surface area (Å²) < 4.78 is 4.62. The molecule has 3 heteroatoms. The third kappa shape index (κ3) is 3.21. The van der Waals surface area contributed by atoms with Gasteiger partial charge in [0.2, 0.25) is 0 Å². The van der Waals surface area contributed by atoms with Crippen LogP contribution in [-0.2, 0) is 4.74 Å². The summed E-state index contributed by atoms with van der Waals surface area (Å²) in [7, 11) is 1.37. The predicted octanol–water partition coefficient (Wildman–Crippen LogP) is 3.49. The van der Waals surface area contributed by atoms with E-state index in [2.05, 4.69) is 9.72 Å². The molecule has 0 fully saturated rings. The molecule has 17 heavy (non-hydrogen) atoms. The zero-order chi connectivity index (χ0) is 12.7. The minimum absolute atomic E-state index is 0.350. The number of benzene rings is 1. The summed E-state index contributed by atoms with van der Waals surface area (Å²) >= 11 is 0. The Morgan fingerprint density at radius 2 is 1.71 bits per heavy atom. The lowest BCUT2D eigenvalue weighted by atomic mass is 10.2. The van der Waals surface area contributed by atoms with E-state index in [-0.39, 0.29) is 5.97 Å². The second-order valence-electron chi connectivity index (χ2n) is 3.14. The topological polar surface area (TPSA) is 42.1 Å².